The minimum Gasteiger partial charge on any atom is -0.477 e. The molecule has 3 saturated heterocycles. The number of aliphatic hydroxyl groups excluding tert-OH is 11. The summed E-state index contributed by atoms with van der Waals surface area (Å²) < 4.78 is 35.0. The summed E-state index contributed by atoms with van der Waals surface area (Å²) in [4.78, 5) is 38.7. The normalized spacial score (nSPS) is 26.6. The average Bonchev–Trinajstić information content (AvgIpc) is 0.755. The number of carbonyl (C=O) groups excluding carboxylic acids is 2. The van der Waals surface area contributed by atoms with Crippen molar-refractivity contribution >= 4 is 17.8 Å². The minimum atomic E-state index is -3.08. The topological polar surface area (TPSA) is 373 Å². The number of aliphatic hydroxyl groups is 11. The van der Waals surface area contributed by atoms with Crippen molar-refractivity contribution in [3.05, 3.63) is 0 Å². The molecule has 0 aliphatic carbocycles. The molecule has 0 spiro atoms. The Morgan fingerprint density at radius 1 is 0.471 bits per heavy atom. The van der Waals surface area contributed by atoms with E-state index >= 15 is 0 Å². The highest BCUT2D eigenvalue weighted by Crippen LogP contribution is 2.39. The standard InChI is InChI=1S/C79H150N2O21/c1-4-6-8-10-12-14-16-18-20-22-24-26-27-28-29-30-31-33-35-37-39-41-43-45-47-49-51-53-66(89)81-60(61(86)52-50-48-46-44-42-40-38-36-34-32-25-23-21-19-17-15-13-11-9-7-5-2)58-97-76-71(93)70(92)73(65(57-84)99-76)100-77-72(94)75(69(91)64(56-83)98-77)102-79(78(95)96)54-62(87)67(80-59(3)85)74(101-79)68(90)63(88)55-82/h60-65,67-77,82-84,86-88,90-94H,4-58H2,1-3H3,(H,80,85)(H,81,89)(H,95,96). The lowest BCUT2D eigenvalue weighted by atomic mass is 9.88. The van der Waals surface area contributed by atoms with Gasteiger partial charge in [0.2, 0.25) is 11.8 Å². The van der Waals surface area contributed by atoms with E-state index in [9.17, 15) is 75.7 Å². The van der Waals surface area contributed by atoms with Crippen molar-refractivity contribution in [3.63, 3.8) is 0 Å². The molecule has 23 nitrogen and oxygen atoms in total. The van der Waals surface area contributed by atoms with Crippen LogP contribution in [-0.4, -0.2) is 215 Å². The summed E-state index contributed by atoms with van der Waals surface area (Å²) in [5.41, 5.74) is 0. The molecule has 0 aromatic rings. The summed E-state index contributed by atoms with van der Waals surface area (Å²) in [6, 6.07) is -2.53. The number of rotatable bonds is 66. The monoisotopic (exact) mass is 1460 g/mol. The molecule has 3 rings (SSSR count). The SMILES string of the molecule is CCCCCCCCCCCCCCCCCCCCCCCCCCCCCC(=O)NC(COC1OC(CO)C(OC2OC(CO)C(O)C(OC3(C(=O)O)CC(O)C(NC(C)=O)C(C(O)C(O)CO)O3)C2O)C(O)C1O)C(O)CCCCCCCCCCCCCCCCCCCCCCC. The predicted octanol–water partition coefficient (Wildman–Crippen LogP) is 11.2. The second-order valence-electron chi connectivity index (χ2n) is 30.4. The minimum absolute atomic E-state index is 0.230. The van der Waals surface area contributed by atoms with Gasteiger partial charge in [0.05, 0.1) is 50.7 Å². The third-order valence-corrected chi connectivity index (χ3v) is 21.3. The van der Waals surface area contributed by atoms with Crippen molar-refractivity contribution in [3.8, 4) is 0 Å². The Labute approximate surface area is 614 Å². The number of carboxylic acid groups (broad SMARTS) is 1. The molecule has 3 heterocycles. The molecule has 0 bridgehead atoms. The van der Waals surface area contributed by atoms with Gasteiger partial charge in [-0.3, -0.25) is 9.59 Å². The van der Waals surface area contributed by atoms with E-state index in [-0.39, 0.29) is 18.9 Å². The van der Waals surface area contributed by atoms with E-state index in [1.807, 2.05) is 0 Å². The van der Waals surface area contributed by atoms with Crippen molar-refractivity contribution in [2.45, 2.75) is 458 Å². The molecule has 0 aromatic heterocycles. The summed E-state index contributed by atoms with van der Waals surface area (Å²) in [6.07, 6.45) is 32.4. The lowest BCUT2D eigenvalue weighted by Crippen LogP contribution is -2.70. The van der Waals surface area contributed by atoms with Crippen LogP contribution in [0.4, 0.5) is 0 Å². The molecule has 0 aromatic carbocycles. The van der Waals surface area contributed by atoms with Crippen LogP contribution in [0.25, 0.3) is 0 Å². The number of nitrogens with one attached hydrogen (secondary N) is 2. The van der Waals surface area contributed by atoms with Gasteiger partial charge in [-0.15, -0.1) is 0 Å². The van der Waals surface area contributed by atoms with Crippen LogP contribution in [0.5, 0.6) is 0 Å². The van der Waals surface area contributed by atoms with Crippen LogP contribution in [0.15, 0.2) is 0 Å². The van der Waals surface area contributed by atoms with Crippen LogP contribution in [0, 0.1) is 0 Å². The first-order valence-corrected chi connectivity index (χ1v) is 41.4. The summed E-state index contributed by atoms with van der Waals surface area (Å²) in [5.74, 6) is -6.09. The van der Waals surface area contributed by atoms with Gasteiger partial charge < -0.3 is 100 Å². The van der Waals surface area contributed by atoms with E-state index in [0.717, 1.165) is 51.9 Å². The molecule has 3 aliphatic rings. The Morgan fingerprint density at radius 2 is 0.853 bits per heavy atom. The molecule has 14 N–H and O–H groups in total. The van der Waals surface area contributed by atoms with E-state index < -0.39 is 148 Å². The number of carboxylic acids is 1. The molecule has 18 atom stereocenters. The lowest BCUT2D eigenvalue weighted by molar-refractivity contribution is -0.386. The smallest absolute Gasteiger partial charge is 0.364 e. The van der Waals surface area contributed by atoms with Gasteiger partial charge >= 0.3 is 5.97 Å². The lowest BCUT2D eigenvalue weighted by Gasteiger charge is -2.50. The maximum atomic E-state index is 13.6. The number of amides is 2. The number of ether oxygens (including phenoxy) is 6. The van der Waals surface area contributed by atoms with E-state index in [2.05, 4.69) is 24.5 Å². The van der Waals surface area contributed by atoms with Gasteiger partial charge in [-0.25, -0.2) is 4.79 Å². The van der Waals surface area contributed by atoms with E-state index in [1.54, 1.807) is 0 Å². The molecular weight excluding hydrogens is 1310 g/mol. The van der Waals surface area contributed by atoms with Gasteiger partial charge in [0.1, 0.15) is 67.1 Å². The Bertz CT molecular complexity index is 2040. The van der Waals surface area contributed by atoms with Crippen LogP contribution < -0.4 is 10.6 Å². The molecule has 2 amide bonds. The number of unbranched alkanes of at least 4 members (excludes halogenated alkanes) is 46. The van der Waals surface area contributed by atoms with Crippen molar-refractivity contribution in [2.24, 2.45) is 0 Å². The third kappa shape index (κ3) is 38.7. The molecule has 602 valence electrons. The highest BCUT2D eigenvalue weighted by atomic mass is 16.8. The van der Waals surface area contributed by atoms with E-state index in [0.29, 0.717) is 19.3 Å². The number of hydrogen-bond donors (Lipinski definition) is 14. The van der Waals surface area contributed by atoms with Crippen molar-refractivity contribution < 1.29 is 104 Å². The fraction of sp³-hybridized carbons (Fsp3) is 0.962. The Balaban J connectivity index is 1.50. The fourth-order valence-electron chi connectivity index (χ4n) is 14.8. The second-order valence-corrected chi connectivity index (χ2v) is 30.4. The van der Waals surface area contributed by atoms with Crippen LogP contribution in [0.1, 0.15) is 348 Å². The third-order valence-electron chi connectivity index (χ3n) is 21.3. The maximum Gasteiger partial charge on any atom is 0.364 e. The first kappa shape index (κ1) is 93.9. The molecule has 102 heavy (non-hydrogen) atoms. The second kappa shape index (κ2) is 58.7. The predicted molar refractivity (Wildman–Crippen MR) is 394 cm³/mol. The molecule has 0 radical (unpaired) electrons. The number of aliphatic carboxylic acids is 1. The quantitative estimate of drug-likeness (QED) is 0.0252. The highest BCUT2D eigenvalue weighted by molar-refractivity contribution is 5.77. The van der Waals surface area contributed by atoms with Crippen molar-refractivity contribution in [1.82, 2.24) is 10.6 Å². The molecular formula is C79H150N2O21. The van der Waals surface area contributed by atoms with E-state index in [4.69, 9.17) is 28.4 Å². The van der Waals surface area contributed by atoms with Gasteiger partial charge in [0, 0.05) is 19.8 Å². The Hall–Kier alpha value is -2.27. The molecule has 3 aliphatic heterocycles. The van der Waals surface area contributed by atoms with E-state index in [1.165, 1.54) is 250 Å². The first-order valence-electron chi connectivity index (χ1n) is 41.4. The zero-order valence-electron chi connectivity index (χ0n) is 63.7. The maximum absolute atomic E-state index is 13.6. The molecule has 18 unspecified atom stereocenters. The van der Waals surface area contributed by atoms with Crippen molar-refractivity contribution in [2.75, 3.05) is 26.4 Å². The number of carbonyl (C=O) groups is 3. The van der Waals surface area contributed by atoms with Gasteiger partial charge in [-0.1, -0.05) is 316 Å². The number of hydrogen-bond acceptors (Lipinski definition) is 20. The van der Waals surface area contributed by atoms with Gasteiger partial charge in [-0.2, -0.15) is 0 Å². The van der Waals surface area contributed by atoms with Gasteiger partial charge in [0.25, 0.3) is 5.79 Å². The van der Waals surface area contributed by atoms with Crippen LogP contribution in [0.3, 0.4) is 0 Å². The summed E-state index contributed by atoms with van der Waals surface area (Å²) in [7, 11) is 0. The largest absolute Gasteiger partial charge is 0.477 e. The van der Waals surface area contributed by atoms with Gasteiger partial charge in [0.15, 0.2) is 12.6 Å². The molecule has 3 fully saturated rings. The fourth-order valence-corrected chi connectivity index (χ4v) is 14.8. The summed E-state index contributed by atoms with van der Waals surface area (Å²) in [6.45, 7) is 2.28. The van der Waals surface area contributed by atoms with Crippen LogP contribution >= 0.6 is 0 Å². The van der Waals surface area contributed by atoms with Crippen LogP contribution in [0.2, 0.25) is 0 Å². The summed E-state index contributed by atoms with van der Waals surface area (Å²) in [5, 5.41) is 137. The summed E-state index contributed by atoms with van der Waals surface area (Å²) >= 11 is 0. The Morgan fingerprint density at radius 3 is 1.23 bits per heavy atom. The first-order chi connectivity index (χ1) is 49.4. The van der Waals surface area contributed by atoms with Crippen molar-refractivity contribution in [1.29, 1.82) is 0 Å². The molecule has 0 saturated carbocycles. The zero-order chi connectivity index (χ0) is 74.6. The highest BCUT2D eigenvalue weighted by Gasteiger charge is 2.60. The van der Waals surface area contributed by atoms with Crippen LogP contribution in [-0.2, 0) is 42.8 Å². The Kier molecular flexibility index (Phi) is 54.1. The zero-order valence-corrected chi connectivity index (χ0v) is 63.7. The van der Waals surface area contributed by atoms with Gasteiger partial charge in [-0.05, 0) is 12.8 Å². The molecule has 23 heteroatoms. The average molecular weight is 1460 g/mol.